The fraction of sp³-hybridized carbons (Fsp3) is 0.130. The number of ether oxygens (including phenoxy) is 2. The Balaban J connectivity index is 1.50. The number of hydrogen-bond donors (Lipinski definition) is 2. The summed E-state index contributed by atoms with van der Waals surface area (Å²) in [6, 6.07) is 21.4. The van der Waals surface area contributed by atoms with E-state index in [0.29, 0.717) is 17.3 Å². The molecule has 4 rings (SSSR count). The lowest BCUT2D eigenvalue weighted by atomic mass is 10.0. The quantitative estimate of drug-likeness (QED) is 0.513. The lowest BCUT2D eigenvalue weighted by molar-refractivity contribution is -0.115. The molecule has 3 aromatic carbocycles. The number of rotatable bonds is 6. The van der Waals surface area contributed by atoms with Gasteiger partial charge >= 0.3 is 0 Å². The zero-order valence-electron chi connectivity index (χ0n) is 16.2. The third-order valence-electron chi connectivity index (χ3n) is 4.77. The summed E-state index contributed by atoms with van der Waals surface area (Å²) < 4.78 is 10.6. The van der Waals surface area contributed by atoms with Crippen molar-refractivity contribution in [2.75, 3.05) is 19.5 Å². The number of fused-ring (bicyclic) bond motifs is 1. The second-order valence-corrected chi connectivity index (χ2v) is 6.60. The van der Waals surface area contributed by atoms with Crippen LogP contribution in [-0.4, -0.2) is 30.3 Å². The molecule has 1 heterocycles. The average molecular weight is 387 g/mol. The van der Waals surface area contributed by atoms with E-state index in [9.17, 15) is 4.79 Å². The maximum Gasteiger partial charge on any atom is 0.230 e. The number of aromatic nitrogens is 2. The van der Waals surface area contributed by atoms with Gasteiger partial charge in [0.25, 0.3) is 0 Å². The number of amides is 1. The molecule has 0 spiro atoms. The number of benzene rings is 3. The topological polar surface area (TPSA) is 76.2 Å². The maximum absolute atomic E-state index is 12.6. The molecule has 6 heteroatoms. The van der Waals surface area contributed by atoms with Gasteiger partial charge in [0.05, 0.1) is 26.3 Å². The SMILES string of the molecule is COc1ccc(-c2cc(NC(=O)Cc3cccc4ccccc34)n[nH]2)cc1OC. The lowest BCUT2D eigenvalue weighted by Gasteiger charge is -2.08. The summed E-state index contributed by atoms with van der Waals surface area (Å²) in [4.78, 5) is 12.6. The second kappa shape index (κ2) is 8.06. The first kappa shape index (κ1) is 18.6. The van der Waals surface area contributed by atoms with Gasteiger partial charge in [0.15, 0.2) is 17.3 Å². The van der Waals surface area contributed by atoms with Crippen LogP contribution in [0.25, 0.3) is 22.0 Å². The van der Waals surface area contributed by atoms with Crippen LogP contribution >= 0.6 is 0 Å². The highest BCUT2D eigenvalue weighted by Gasteiger charge is 2.12. The van der Waals surface area contributed by atoms with Crippen LogP contribution in [0.5, 0.6) is 11.5 Å². The van der Waals surface area contributed by atoms with Gasteiger partial charge in [-0.05, 0) is 34.5 Å². The first-order chi connectivity index (χ1) is 14.2. The van der Waals surface area contributed by atoms with E-state index in [2.05, 4.69) is 15.5 Å². The number of carbonyl (C=O) groups excluding carboxylic acids is 1. The van der Waals surface area contributed by atoms with Crippen molar-refractivity contribution in [3.8, 4) is 22.8 Å². The van der Waals surface area contributed by atoms with E-state index >= 15 is 0 Å². The van der Waals surface area contributed by atoms with Crippen molar-refractivity contribution in [2.45, 2.75) is 6.42 Å². The van der Waals surface area contributed by atoms with Gasteiger partial charge in [0.1, 0.15) is 0 Å². The van der Waals surface area contributed by atoms with Gasteiger partial charge in [-0.3, -0.25) is 9.89 Å². The minimum Gasteiger partial charge on any atom is -0.493 e. The molecule has 0 unspecified atom stereocenters. The Kier molecular flexibility index (Phi) is 5.16. The largest absolute Gasteiger partial charge is 0.493 e. The van der Waals surface area contributed by atoms with Gasteiger partial charge in [0, 0.05) is 11.6 Å². The summed E-state index contributed by atoms with van der Waals surface area (Å²) in [5.74, 6) is 1.63. The molecular weight excluding hydrogens is 366 g/mol. The Hall–Kier alpha value is -3.80. The summed E-state index contributed by atoms with van der Waals surface area (Å²) >= 11 is 0. The number of carbonyl (C=O) groups is 1. The monoisotopic (exact) mass is 387 g/mol. The van der Waals surface area contributed by atoms with Crippen molar-refractivity contribution in [3.05, 3.63) is 72.3 Å². The second-order valence-electron chi connectivity index (χ2n) is 6.60. The van der Waals surface area contributed by atoms with E-state index in [-0.39, 0.29) is 12.3 Å². The van der Waals surface area contributed by atoms with Crippen LogP contribution in [0.15, 0.2) is 66.7 Å². The summed E-state index contributed by atoms with van der Waals surface area (Å²) in [6.07, 6.45) is 0.278. The summed E-state index contributed by atoms with van der Waals surface area (Å²) in [5.41, 5.74) is 2.63. The van der Waals surface area contributed by atoms with Crippen LogP contribution in [-0.2, 0) is 11.2 Å². The van der Waals surface area contributed by atoms with Gasteiger partial charge in [-0.2, -0.15) is 5.10 Å². The zero-order valence-corrected chi connectivity index (χ0v) is 16.2. The van der Waals surface area contributed by atoms with E-state index in [1.54, 1.807) is 20.3 Å². The van der Waals surface area contributed by atoms with Crippen LogP contribution in [0, 0.1) is 0 Å². The summed E-state index contributed by atoms with van der Waals surface area (Å²) in [7, 11) is 3.19. The highest BCUT2D eigenvalue weighted by Crippen LogP contribution is 2.32. The normalized spacial score (nSPS) is 10.7. The molecule has 6 nitrogen and oxygen atoms in total. The summed E-state index contributed by atoms with van der Waals surface area (Å²) in [5, 5.41) is 12.2. The van der Waals surface area contributed by atoms with Gasteiger partial charge in [-0.15, -0.1) is 0 Å². The number of hydrogen-bond acceptors (Lipinski definition) is 4. The van der Waals surface area contributed by atoms with E-state index < -0.39 is 0 Å². The average Bonchev–Trinajstić information content (AvgIpc) is 3.21. The van der Waals surface area contributed by atoms with Crippen molar-refractivity contribution >= 4 is 22.5 Å². The molecule has 0 radical (unpaired) electrons. The Labute approximate surface area is 168 Å². The zero-order chi connectivity index (χ0) is 20.2. The van der Waals surface area contributed by atoms with Crippen LogP contribution in [0.4, 0.5) is 5.82 Å². The molecule has 1 aromatic heterocycles. The predicted molar refractivity (Wildman–Crippen MR) is 113 cm³/mol. The number of nitrogens with one attached hydrogen (secondary N) is 2. The van der Waals surface area contributed by atoms with E-state index in [4.69, 9.17) is 9.47 Å². The first-order valence-corrected chi connectivity index (χ1v) is 9.22. The van der Waals surface area contributed by atoms with Crippen LogP contribution in [0.3, 0.4) is 0 Å². The molecule has 4 aromatic rings. The van der Waals surface area contributed by atoms with E-state index in [1.807, 2.05) is 60.7 Å². The van der Waals surface area contributed by atoms with Crippen molar-refractivity contribution in [1.29, 1.82) is 0 Å². The maximum atomic E-state index is 12.6. The Morgan fingerprint density at radius 1 is 0.966 bits per heavy atom. The van der Waals surface area contributed by atoms with Crippen molar-refractivity contribution < 1.29 is 14.3 Å². The van der Waals surface area contributed by atoms with Crippen molar-refractivity contribution in [2.24, 2.45) is 0 Å². The molecule has 146 valence electrons. The fourth-order valence-electron chi connectivity index (χ4n) is 3.34. The molecule has 0 aliphatic rings. The van der Waals surface area contributed by atoms with Gasteiger partial charge in [0.2, 0.25) is 5.91 Å². The number of nitrogens with zero attached hydrogens (tertiary/aromatic N) is 1. The Morgan fingerprint density at radius 3 is 2.59 bits per heavy atom. The van der Waals surface area contributed by atoms with Crippen molar-refractivity contribution in [1.82, 2.24) is 10.2 Å². The molecule has 0 fully saturated rings. The van der Waals surface area contributed by atoms with Crippen LogP contribution < -0.4 is 14.8 Å². The Morgan fingerprint density at radius 2 is 1.76 bits per heavy atom. The minimum atomic E-state index is -0.119. The molecule has 0 atom stereocenters. The number of methoxy groups -OCH3 is 2. The molecular formula is C23H21N3O3. The molecule has 0 saturated heterocycles. The number of aromatic amines is 1. The lowest BCUT2D eigenvalue weighted by Crippen LogP contribution is -2.14. The third kappa shape index (κ3) is 3.91. The summed E-state index contributed by atoms with van der Waals surface area (Å²) in [6.45, 7) is 0. The first-order valence-electron chi connectivity index (χ1n) is 9.22. The third-order valence-corrected chi connectivity index (χ3v) is 4.77. The van der Waals surface area contributed by atoms with E-state index in [1.165, 1.54) is 0 Å². The molecule has 0 bridgehead atoms. The molecule has 0 aliphatic heterocycles. The minimum absolute atomic E-state index is 0.119. The number of H-pyrrole nitrogens is 1. The smallest absolute Gasteiger partial charge is 0.230 e. The van der Waals surface area contributed by atoms with Crippen LogP contribution in [0.2, 0.25) is 0 Å². The highest BCUT2D eigenvalue weighted by atomic mass is 16.5. The highest BCUT2D eigenvalue weighted by molar-refractivity contribution is 5.96. The molecule has 2 N–H and O–H groups in total. The molecule has 1 amide bonds. The standard InChI is InChI=1S/C23H21N3O3/c1-28-20-11-10-17(12-21(20)29-2)19-14-22(26-25-19)24-23(27)13-16-8-5-7-15-6-3-4-9-18(15)16/h3-12,14H,13H2,1-2H3,(H2,24,25,26,27). The van der Waals surface area contributed by atoms with Crippen molar-refractivity contribution in [3.63, 3.8) is 0 Å². The molecule has 0 aliphatic carbocycles. The van der Waals surface area contributed by atoms with Gasteiger partial charge < -0.3 is 14.8 Å². The van der Waals surface area contributed by atoms with E-state index in [0.717, 1.165) is 27.6 Å². The van der Waals surface area contributed by atoms with Gasteiger partial charge in [-0.1, -0.05) is 42.5 Å². The number of anilines is 1. The fourth-order valence-corrected chi connectivity index (χ4v) is 3.34. The molecule has 0 saturated carbocycles. The predicted octanol–water partition coefficient (Wildman–Crippen LogP) is 4.43. The van der Waals surface area contributed by atoms with Crippen LogP contribution in [0.1, 0.15) is 5.56 Å². The van der Waals surface area contributed by atoms with Gasteiger partial charge in [-0.25, -0.2) is 0 Å². The Bertz CT molecular complexity index is 1160. The molecule has 29 heavy (non-hydrogen) atoms.